The normalized spacial score (nSPS) is 10.8. The quantitative estimate of drug-likeness (QED) is 0.665. The first-order valence-corrected chi connectivity index (χ1v) is 4.82. The van der Waals surface area contributed by atoms with E-state index in [4.69, 9.17) is 0 Å². The molecule has 2 heterocycles. The van der Waals surface area contributed by atoms with Crippen LogP contribution in [0.4, 0.5) is 5.82 Å². The van der Waals surface area contributed by atoms with Crippen molar-refractivity contribution in [2.24, 2.45) is 4.99 Å². The van der Waals surface area contributed by atoms with E-state index in [2.05, 4.69) is 9.98 Å². The molecule has 0 atom stereocenters. The summed E-state index contributed by atoms with van der Waals surface area (Å²) in [6, 6.07) is 9.71. The van der Waals surface area contributed by atoms with Gasteiger partial charge in [-0.2, -0.15) is 0 Å². The highest BCUT2D eigenvalue weighted by molar-refractivity contribution is 7.11. The van der Waals surface area contributed by atoms with Crippen LogP contribution in [0.2, 0.25) is 0 Å². The molecule has 0 aliphatic carbocycles. The van der Waals surface area contributed by atoms with Gasteiger partial charge in [0, 0.05) is 17.3 Å². The average molecular weight is 188 g/mol. The fraction of sp³-hybridized carbons (Fsp3) is 0. The van der Waals surface area contributed by atoms with E-state index >= 15 is 0 Å². The molecular formula is C10H8N2S. The van der Waals surface area contributed by atoms with Gasteiger partial charge in [0.05, 0.1) is 0 Å². The van der Waals surface area contributed by atoms with Crippen LogP contribution in [0.15, 0.2) is 46.9 Å². The number of pyridine rings is 1. The molecule has 2 rings (SSSR count). The van der Waals surface area contributed by atoms with Crippen molar-refractivity contribution in [3.8, 4) is 0 Å². The van der Waals surface area contributed by atoms with Gasteiger partial charge >= 0.3 is 0 Å². The Bertz CT molecular complexity index is 379. The Morgan fingerprint density at radius 1 is 1.23 bits per heavy atom. The molecule has 2 nitrogen and oxygen atoms in total. The van der Waals surface area contributed by atoms with E-state index < -0.39 is 0 Å². The predicted molar refractivity (Wildman–Crippen MR) is 55.8 cm³/mol. The summed E-state index contributed by atoms with van der Waals surface area (Å²) in [5.41, 5.74) is 0. The highest BCUT2D eigenvalue weighted by atomic mass is 32.1. The monoisotopic (exact) mass is 188 g/mol. The molecule has 0 unspecified atom stereocenters. The number of rotatable bonds is 2. The maximum absolute atomic E-state index is 4.22. The summed E-state index contributed by atoms with van der Waals surface area (Å²) in [7, 11) is 0. The minimum atomic E-state index is 0.746. The Kier molecular flexibility index (Phi) is 2.48. The number of thiophene rings is 1. The Hall–Kier alpha value is -1.48. The van der Waals surface area contributed by atoms with Gasteiger partial charge in [0.1, 0.15) is 0 Å². The van der Waals surface area contributed by atoms with Crippen LogP contribution in [0.25, 0.3) is 0 Å². The van der Waals surface area contributed by atoms with E-state index in [1.54, 1.807) is 17.5 Å². The lowest BCUT2D eigenvalue weighted by Crippen LogP contribution is -1.74. The summed E-state index contributed by atoms with van der Waals surface area (Å²) in [4.78, 5) is 9.45. The SMILES string of the molecule is C(=N\c1ccccn1)/c1cccs1. The minimum Gasteiger partial charge on any atom is -0.237 e. The van der Waals surface area contributed by atoms with Gasteiger partial charge in [0.25, 0.3) is 0 Å². The maximum atomic E-state index is 4.22. The third-order valence-electron chi connectivity index (χ3n) is 1.52. The zero-order valence-electron chi connectivity index (χ0n) is 6.92. The lowest BCUT2D eigenvalue weighted by molar-refractivity contribution is 1.28. The number of aliphatic imine (C=N–C) groups is 1. The molecule has 0 bridgehead atoms. The van der Waals surface area contributed by atoms with Crippen LogP contribution in [-0.2, 0) is 0 Å². The van der Waals surface area contributed by atoms with Crippen molar-refractivity contribution in [1.29, 1.82) is 0 Å². The van der Waals surface area contributed by atoms with E-state index in [1.165, 1.54) is 0 Å². The molecule has 0 amide bonds. The lowest BCUT2D eigenvalue weighted by atomic mass is 10.4. The number of aromatic nitrogens is 1. The van der Waals surface area contributed by atoms with Crippen molar-refractivity contribution >= 4 is 23.4 Å². The molecule has 3 heteroatoms. The molecule has 0 aliphatic heterocycles. The molecule has 0 aromatic carbocycles. The van der Waals surface area contributed by atoms with Gasteiger partial charge in [-0.1, -0.05) is 12.1 Å². The van der Waals surface area contributed by atoms with E-state index in [-0.39, 0.29) is 0 Å². The second-order valence-corrected chi connectivity index (χ2v) is 3.44. The number of hydrogen-bond donors (Lipinski definition) is 0. The molecule has 2 aromatic heterocycles. The Balaban J connectivity index is 2.15. The van der Waals surface area contributed by atoms with E-state index in [9.17, 15) is 0 Å². The molecule has 0 spiro atoms. The highest BCUT2D eigenvalue weighted by Gasteiger charge is 1.88. The summed E-state index contributed by atoms with van der Waals surface area (Å²) in [5.74, 6) is 0.746. The van der Waals surface area contributed by atoms with E-state index in [0.29, 0.717) is 0 Å². The summed E-state index contributed by atoms with van der Waals surface area (Å²) < 4.78 is 0. The third kappa shape index (κ3) is 2.23. The summed E-state index contributed by atoms with van der Waals surface area (Å²) in [5, 5.41) is 2.03. The predicted octanol–water partition coefficient (Wildman–Crippen LogP) is 2.89. The molecule has 0 N–H and O–H groups in total. The average Bonchev–Trinajstić information content (AvgIpc) is 2.69. The zero-order chi connectivity index (χ0) is 8.93. The van der Waals surface area contributed by atoms with Crippen LogP contribution in [0.3, 0.4) is 0 Å². The van der Waals surface area contributed by atoms with Crippen molar-refractivity contribution in [3.63, 3.8) is 0 Å². The van der Waals surface area contributed by atoms with Gasteiger partial charge in [-0.15, -0.1) is 11.3 Å². The zero-order valence-corrected chi connectivity index (χ0v) is 7.74. The molecular weight excluding hydrogens is 180 g/mol. The molecule has 0 radical (unpaired) electrons. The van der Waals surface area contributed by atoms with Crippen LogP contribution in [0.5, 0.6) is 0 Å². The smallest absolute Gasteiger partial charge is 0.151 e. The largest absolute Gasteiger partial charge is 0.237 e. The van der Waals surface area contributed by atoms with Crippen LogP contribution in [-0.4, -0.2) is 11.2 Å². The fourth-order valence-electron chi connectivity index (χ4n) is 0.925. The number of nitrogens with zero attached hydrogens (tertiary/aromatic N) is 2. The topological polar surface area (TPSA) is 25.2 Å². The van der Waals surface area contributed by atoms with Crippen molar-refractivity contribution in [2.45, 2.75) is 0 Å². The van der Waals surface area contributed by atoms with E-state index in [1.807, 2.05) is 41.9 Å². The van der Waals surface area contributed by atoms with Gasteiger partial charge in [-0.3, -0.25) is 0 Å². The summed E-state index contributed by atoms with van der Waals surface area (Å²) >= 11 is 1.67. The molecule has 0 saturated heterocycles. The fourth-order valence-corrected chi connectivity index (χ4v) is 1.51. The molecule has 64 valence electrons. The first-order valence-electron chi connectivity index (χ1n) is 3.94. The van der Waals surface area contributed by atoms with Gasteiger partial charge < -0.3 is 0 Å². The Labute approximate surface area is 80.6 Å². The molecule has 0 aliphatic rings. The van der Waals surface area contributed by atoms with E-state index in [0.717, 1.165) is 10.7 Å². The van der Waals surface area contributed by atoms with Gasteiger partial charge in [0.2, 0.25) is 0 Å². The van der Waals surface area contributed by atoms with Crippen molar-refractivity contribution in [1.82, 2.24) is 4.98 Å². The van der Waals surface area contributed by atoms with Crippen LogP contribution in [0.1, 0.15) is 4.88 Å². The minimum absolute atomic E-state index is 0.746. The van der Waals surface area contributed by atoms with Gasteiger partial charge in [-0.25, -0.2) is 9.98 Å². The van der Waals surface area contributed by atoms with Crippen molar-refractivity contribution in [3.05, 3.63) is 46.8 Å². The Morgan fingerprint density at radius 3 is 2.92 bits per heavy atom. The summed E-state index contributed by atoms with van der Waals surface area (Å²) in [6.45, 7) is 0. The molecule has 13 heavy (non-hydrogen) atoms. The number of hydrogen-bond acceptors (Lipinski definition) is 3. The standard InChI is InChI=1S/C10H8N2S/c1-2-6-11-10(5-1)12-8-9-4-3-7-13-9/h1-8H/b12-8+. The van der Waals surface area contributed by atoms with Crippen LogP contribution >= 0.6 is 11.3 Å². The van der Waals surface area contributed by atoms with Crippen molar-refractivity contribution in [2.75, 3.05) is 0 Å². The second kappa shape index (κ2) is 3.96. The first-order chi connectivity index (χ1) is 6.45. The summed E-state index contributed by atoms with van der Waals surface area (Å²) in [6.07, 6.45) is 3.56. The lowest BCUT2D eigenvalue weighted by Gasteiger charge is -1.88. The first kappa shape index (κ1) is 8.13. The van der Waals surface area contributed by atoms with Crippen LogP contribution < -0.4 is 0 Å². The van der Waals surface area contributed by atoms with Crippen LogP contribution in [0, 0.1) is 0 Å². The highest BCUT2D eigenvalue weighted by Crippen LogP contribution is 2.08. The Morgan fingerprint density at radius 2 is 2.23 bits per heavy atom. The van der Waals surface area contributed by atoms with Gasteiger partial charge in [0.15, 0.2) is 5.82 Å². The third-order valence-corrected chi connectivity index (χ3v) is 2.32. The molecule has 0 fully saturated rings. The van der Waals surface area contributed by atoms with Crippen molar-refractivity contribution < 1.29 is 0 Å². The molecule has 2 aromatic rings. The maximum Gasteiger partial charge on any atom is 0.151 e. The molecule has 0 saturated carbocycles. The second-order valence-electron chi connectivity index (χ2n) is 2.46. The van der Waals surface area contributed by atoms with Gasteiger partial charge in [-0.05, 0) is 23.6 Å².